The first-order valence-corrected chi connectivity index (χ1v) is 7.57. The first-order valence-electron chi connectivity index (χ1n) is 6.75. The highest BCUT2D eigenvalue weighted by Crippen LogP contribution is 2.31. The van der Waals surface area contributed by atoms with Crippen LogP contribution < -0.4 is 10.6 Å². The molecule has 0 aliphatic heterocycles. The number of nitrogens with one attached hydrogen (secondary N) is 2. The maximum Gasteiger partial charge on any atom is 0.229 e. The molecular formula is C15H17N3OS. The zero-order chi connectivity index (χ0) is 13.9. The smallest absolute Gasteiger partial charge is 0.229 e. The van der Waals surface area contributed by atoms with Crippen molar-refractivity contribution >= 4 is 22.4 Å². The first kappa shape index (κ1) is 13.3. The molecule has 0 atom stereocenters. The van der Waals surface area contributed by atoms with E-state index in [1.807, 2.05) is 43.6 Å². The van der Waals surface area contributed by atoms with Gasteiger partial charge >= 0.3 is 0 Å². The van der Waals surface area contributed by atoms with Gasteiger partial charge in [0, 0.05) is 18.2 Å². The van der Waals surface area contributed by atoms with Crippen molar-refractivity contribution < 1.29 is 4.79 Å². The van der Waals surface area contributed by atoms with E-state index in [0.29, 0.717) is 11.2 Å². The summed E-state index contributed by atoms with van der Waals surface area (Å²) >= 11 is 1.51. The van der Waals surface area contributed by atoms with E-state index in [1.54, 1.807) is 0 Å². The molecule has 0 unspecified atom stereocenters. The molecule has 0 spiro atoms. The van der Waals surface area contributed by atoms with E-state index >= 15 is 0 Å². The molecule has 1 aromatic heterocycles. The van der Waals surface area contributed by atoms with Gasteiger partial charge in [-0.2, -0.15) is 0 Å². The molecular weight excluding hydrogens is 270 g/mol. The number of amides is 1. The number of hydrogen-bond acceptors (Lipinski definition) is 4. The molecule has 3 rings (SSSR count). The van der Waals surface area contributed by atoms with E-state index < -0.39 is 0 Å². The second-order valence-electron chi connectivity index (χ2n) is 5.04. The second-order valence-corrected chi connectivity index (χ2v) is 6.07. The van der Waals surface area contributed by atoms with E-state index in [9.17, 15) is 4.79 Å². The Morgan fingerprint density at radius 2 is 2.05 bits per heavy atom. The molecule has 1 heterocycles. The van der Waals surface area contributed by atoms with E-state index in [4.69, 9.17) is 0 Å². The van der Waals surface area contributed by atoms with Gasteiger partial charge in [-0.1, -0.05) is 41.7 Å². The Morgan fingerprint density at radius 3 is 2.75 bits per heavy atom. The highest BCUT2D eigenvalue weighted by molar-refractivity contribution is 7.19. The lowest BCUT2D eigenvalue weighted by atomic mass is 9.80. The van der Waals surface area contributed by atoms with Crippen molar-refractivity contribution in [2.45, 2.75) is 18.9 Å². The highest BCUT2D eigenvalue weighted by atomic mass is 32.1. The summed E-state index contributed by atoms with van der Waals surface area (Å²) in [4.78, 5) is 17.4. The number of benzene rings is 1. The quantitative estimate of drug-likeness (QED) is 0.909. The molecule has 4 nitrogen and oxygen atoms in total. The minimum absolute atomic E-state index is 0.0884. The average Bonchev–Trinajstić information content (AvgIpc) is 2.87. The summed E-state index contributed by atoms with van der Waals surface area (Å²) in [6, 6.07) is 10.6. The van der Waals surface area contributed by atoms with Crippen molar-refractivity contribution in [3.05, 3.63) is 36.5 Å². The summed E-state index contributed by atoms with van der Waals surface area (Å²) in [5.41, 5.74) is 1.13. The van der Waals surface area contributed by atoms with Gasteiger partial charge in [-0.25, -0.2) is 4.98 Å². The van der Waals surface area contributed by atoms with Crippen LogP contribution in [0.4, 0.5) is 5.13 Å². The molecule has 2 N–H and O–H groups in total. The van der Waals surface area contributed by atoms with Crippen molar-refractivity contribution in [1.29, 1.82) is 0 Å². The fourth-order valence-corrected chi connectivity index (χ4v) is 3.17. The number of rotatable bonds is 4. The average molecular weight is 287 g/mol. The standard InChI is InChI=1S/C15H17N3OS/c1-16-12-7-11(8-12)14(19)18-15-17-9-13(20-15)10-5-3-2-4-6-10/h2-6,9,11-12,16H,7-8H2,1H3,(H,17,18,19)/t11-,12-. The first-order chi connectivity index (χ1) is 9.76. The number of hydrogen-bond donors (Lipinski definition) is 2. The third kappa shape index (κ3) is 2.73. The molecule has 0 bridgehead atoms. The van der Waals surface area contributed by atoms with Crippen molar-refractivity contribution in [3.63, 3.8) is 0 Å². The van der Waals surface area contributed by atoms with E-state index in [-0.39, 0.29) is 11.8 Å². The summed E-state index contributed by atoms with van der Waals surface area (Å²) < 4.78 is 0. The maximum absolute atomic E-state index is 12.0. The Balaban J connectivity index is 1.62. The minimum Gasteiger partial charge on any atom is -0.317 e. The Labute approximate surface area is 122 Å². The molecule has 1 amide bonds. The highest BCUT2D eigenvalue weighted by Gasteiger charge is 2.33. The van der Waals surface area contributed by atoms with Crippen LogP contribution in [0.3, 0.4) is 0 Å². The fraction of sp³-hybridized carbons (Fsp3) is 0.333. The Bertz CT molecular complexity index is 590. The van der Waals surface area contributed by atoms with E-state index in [2.05, 4.69) is 15.6 Å². The molecule has 20 heavy (non-hydrogen) atoms. The molecule has 1 saturated carbocycles. The normalized spacial score (nSPS) is 21.2. The number of carbonyl (C=O) groups is 1. The number of carbonyl (C=O) groups excluding carboxylic acids is 1. The van der Waals surface area contributed by atoms with Crippen LogP contribution in [-0.4, -0.2) is 24.0 Å². The number of anilines is 1. The summed E-state index contributed by atoms with van der Waals surface area (Å²) in [5.74, 6) is 0.210. The second kappa shape index (κ2) is 5.73. The molecule has 1 fully saturated rings. The molecule has 2 aromatic rings. The number of thiazole rings is 1. The minimum atomic E-state index is 0.0884. The lowest BCUT2D eigenvalue weighted by molar-refractivity contribution is -0.122. The monoisotopic (exact) mass is 287 g/mol. The zero-order valence-corrected chi connectivity index (χ0v) is 12.1. The lowest BCUT2D eigenvalue weighted by Crippen LogP contribution is -2.44. The van der Waals surface area contributed by atoms with Gasteiger partial charge in [0.1, 0.15) is 0 Å². The predicted molar refractivity (Wildman–Crippen MR) is 81.8 cm³/mol. The van der Waals surface area contributed by atoms with Gasteiger partial charge in [-0.15, -0.1) is 0 Å². The van der Waals surface area contributed by atoms with Crippen molar-refractivity contribution in [2.75, 3.05) is 12.4 Å². The van der Waals surface area contributed by atoms with E-state index in [1.165, 1.54) is 11.3 Å². The van der Waals surface area contributed by atoms with Gasteiger partial charge in [0.2, 0.25) is 5.91 Å². The van der Waals surface area contributed by atoms with Gasteiger partial charge in [-0.3, -0.25) is 4.79 Å². The largest absolute Gasteiger partial charge is 0.317 e. The fourth-order valence-electron chi connectivity index (χ4n) is 2.34. The molecule has 0 radical (unpaired) electrons. The van der Waals surface area contributed by atoms with Crippen LogP contribution in [0.5, 0.6) is 0 Å². The molecule has 1 aromatic carbocycles. The SMILES string of the molecule is CN[C@H]1C[C@H](C(=O)Nc2ncc(-c3ccccc3)s2)C1. The van der Waals surface area contributed by atoms with Gasteiger partial charge in [0.25, 0.3) is 0 Å². The van der Waals surface area contributed by atoms with Crippen LogP contribution in [0.1, 0.15) is 12.8 Å². The molecule has 1 aliphatic carbocycles. The third-order valence-corrected chi connectivity index (χ3v) is 4.67. The van der Waals surface area contributed by atoms with Crippen LogP contribution in [0.15, 0.2) is 36.5 Å². The zero-order valence-electron chi connectivity index (χ0n) is 11.3. The molecule has 0 saturated heterocycles. The molecule has 104 valence electrons. The Morgan fingerprint density at radius 1 is 1.30 bits per heavy atom. The predicted octanol–water partition coefficient (Wildman–Crippen LogP) is 2.75. The molecule has 5 heteroatoms. The Kier molecular flexibility index (Phi) is 3.80. The molecule has 1 aliphatic rings. The number of aromatic nitrogens is 1. The van der Waals surface area contributed by atoms with Crippen molar-refractivity contribution in [1.82, 2.24) is 10.3 Å². The summed E-state index contributed by atoms with van der Waals surface area (Å²) in [6.07, 6.45) is 3.64. The summed E-state index contributed by atoms with van der Waals surface area (Å²) in [5, 5.41) is 6.78. The van der Waals surface area contributed by atoms with Gasteiger partial charge < -0.3 is 10.6 Å². The Hall–Kier alpha value is -1.72. The van der Waals surface area contributed by atoms with Gasteiger partial charge in [0.15, 0.2) is 5.13 Å². The van der Waals surface area contributed by atoms with Crippen LogP contribution in [0.25, 0.3) is 10.4 Å². The number of nitrogens with zero attached hydrogens (tertiary/aromatic N) is 1. The van der Waals surface area contributed by atoms with Crippen LogP contribution in [0, 0.1) is 5.92 Å². The topological polar surface area (TPSA) is 54.0 Å². The van der Waals surface area contributed by atoms with E-state index in [0.717, 1.165) is 23.3 Å². The van der Waals surface area contributed by atoms with Crippen LogP contribution in [0.2, 0.25) is 0 Å². The van der Waals surface area contributed by atoms with Gasteiger partial charge in [-0.05, 0) is 25.5 Å². The maximum atomic E-state index is 12.0. The van der Waals surface area contributed by atoms with Crippen molar-refractivity contribution in [2.24, 2.45) is 5.92 Å². The van der Waals surface area contributed by atoms with Crippen LogP contribution >= 0.6 is 11.3 Å². The summed E-state index contributed by atoms with van der Waals surface area (Å²) in [6.45, 7) is 0. The van der Waals surface area contributed by atoms with Crippen LogP contribution in [-0.2, 0) is 4.79 Å². The third-order valence-electron chi connectivity index (χ3n) is 3.71. The van der Waals surface area contributed by atoms with Gasteiger partial charge in [0.05, 0.1) is 4.88 Å². The lowest BCUT2D eigenvalue weighted by Gasteiger charge is -2.33. The van der Waals surface area contributed by atoms with Crippen molar-refractivity contribution in [3.8, 4) is 10.4 Å². The summed E-state index contributed by atoms with van der Waals surface area (Å²) in [7, 11) is 1.94.